The molecule has 2 unspecified atom stereocenters. The third-order valence-corrected chi connectivity index (χ3v) is 5.31. The Balaban J connectivity index is 1.53. The fraction of sp³-hybridized carbons (Fsp3) is 0.632. The van der Waals surface area contributed by atoms with Gasteiger partial charge in [0.15, 0.2) is 5.96 Å². The lowest BCUT2D eigenvalue weighted by Gasteiger charge is -2.37. The third-order valence-electron chi connectivity index (χ3n) is 5.07. The highest BCUT2D eigenvalue weighted by atomic mass is 35.5. The molecule has 1 aromatic rings. The molecule has 3 rings (SSSR count). The molecule has 2 fully saturated rings. The first-order chi connectivity index (χ1) is 12.8. The van der Waals surface area contributed by atoms with Crippen LogP contribution in [0.5, 0.6) is 0 Å². The average molecular weight is 381 g/mol. The third kappa shape index (κ3) is 5.58. The molecule has 0 aliphatic carbocycles. The van der Waals surface area contributed by atoms with Gasteiger partial charge in [0, 0.05) is 56.8 Å². The molecule has 0 aromatic heterocycles. The summed E-state index contributed by atoms with van der Waals surface area (Å²) in [5.74, 6) is 1.37. The molecule has 0 spiro atoms. The van der Waals surface area contributed by atoms with Crippen LogP contribution in [-0.4, -0.2) is 70.0 Å². The molecular weight excluding hydrogens is 352 g/mol. The van der Waals surface area contributed by atoms with E-state index >= 15 is 0 Å². The fourth-order valence-electron chi connectivity index (χ4n) is 3.61. The van der Waals surface area contributed by atoms with Gasteiger partial charge >= 0.3 is 0 Å². The maximum atomic E-state index is 6.05. The van der Waals surface area contributed by atoms with Crippen molar-refractivity contribution >= 4 is 17.6 Å². The largest absolute Gasteiger partial charge is 0.381 e. The highest BCUT2D eigenvalue weighted by Gasteiger charge is 2.31. The maximum Gasteiger partial charge on any atom is 0.191 e. The number of rotatable bonds is 6. The summed E-state index contributed by atoms with van der Waals surface area (Å²) in [7, 11) is 1.80. The number of guanidine groups is 1. The van der Waals surface area contributed by atoms with Crippen LogP contribution in [0.3, 0.4) is 0 Å². The average Bonchev–Trinajstić information content (AvgIpc) is 3.20. The fourth-order valence-corrected chi connectivity index (χ4v) is 3.83. The minimum Gasteiger partial charge on any atom is -0.381 e. The van der Waals surface area contributed by atoms with Gasteiger partial charge in [-0.1, -0.05) is 23.7 Å². The van der Waals surface area contributed by atoms with Crippen LogP contribution in [0.25, 0.3) is 0 Å². The lowest BCUT2D eigenvalue weighted by atomic mass is 9.97. The van der Waals surface area contributed by atoms with E-state index < -0.39 is 0 Å². The van der Waals surface area contributed by atoms with Gasteiger partial charge in [-0.25, -0.2) is 0 Å². The lowest BCUT2D eigenvalue weighted by Crippen LogP contribution is -2.53. The van der Waals surface area contributed by atoms with Crippen LogP contribution in [0.1, 0.15) is 12.0 Å². The predicted octanol–water partition coefficient (Wildman–Crippen LogP) is 1.74. The highest BCUT2D eigenvalue weighted by molar-refractivity contribution is 6.30. The standard InChI is InChI=1S/C19H29ClN4O2/c1-21-19(22-12-15-3-2-4-17(20)11-15)23-13-18(16-5-8-26-14-16)24-6-9-25-10-7-24/h2-4,11,16,18H,5-10,12-14H2,1H3,(H2,21,22,23). The topological polar surface area (TPSA) is 58.1 Å². The zero-order valence-corrected chi connectivity index (χ0v) is 16.2. The van der Waals surface area contributed by atoms with Crippen molar-refractivity contribution in [2.75, 3.05) is 53.1 Å². The summed E-state index contributed by atoms with van der Waals surface area (Å²) in [6.45, 7) is 6.84. The van der Waals surface area contributed by atoms with Crippen molar-refractivity contribution in [2.45, 2.75) is 19.0 Å². The van der Waals surface area contributed by atoms with E-state index in [0.717, 1.165) is 69.0 Å². The minimum absolute atomic E-state index is 0.436. The molecule has 7 heteroatoms. The van der Waals surface area contributed by atoms with Gasteiger partial charge in [-0.2, -0.15) is 0 Å². The van der Waals surface area contributed by atoms with Crippen LogP contribution in [0.4, 0.5) is 0 Å². The number of ether oxygens (including phenoxy) is 2. The molecule has 2 saturated heterocycles. The Morgan fingerprint density at radius 2 is 2.12 bits per heavy atom. The Morgan fingerprint density at radius 1 is 1.27 bits per heavy atom. The Kier molecular flexibility index (Phi) is 7.55. The summed E-state index contributed by atoms with van der Waals surface area (Å²) >= 11 is 6.05. The molecule has 144 valence electrons. The van der Waals surface area contributed by atoms with Gasteiger partial charge in [0.2, 0.25) is 0 Å². The van der Waals surface area contributed by atoms with E-state index in [0.29, 0.717) is 18.5 Å². The quantitative estimate of drug-likeness (QED) is 0.581. The number of hydrogen-bond donors (Lipinski definition) is 2. The number of aliphatic imine (C=N–C) groups is 1. The molecule has 2 aliphatic heterocycles. The van der Waals surface area contributed by atoms with E-state index in [2.05, 4.69) is 26.6 Å². The highest BCUT2D eigenvalue weighted by Crippen LogP contribution is 2.21. The first-order valence-corrected chi connectivity index (χ1v) is 9.72. The van der Waals surface area contributed by atoms with E-state index in [4.69, 9.17) is 21.1 Å². The van der Waals surface area contributed by atoms with Crippen molar-refractivity contribution in [2.24, 2.45) is 10.9 Å². The molecule has 2 aliphatic rings. The second kappa shape index (κ2) is 10.1. The SMILES string of the molecule is CN=C(NCc1cccc(Cl)c1)NCC(C1CCOC1)N1CCOCC1. The van der Waals surface area contributed by atoms with Crippen LogP contribution in [0.2, 0.25) is 5.02 Å². The second-order valence-electron chi connectivity index (χ2n) is 6.78. The first kappa shape index (κ1) is 19.4. The molecule has 2 heterocycles. The number of benzene rings is 1. The summed E-state index contributed by atoms with van der Waals surface area (Å²) in [5.41, 5.74) is 1.13. The molecule has 0 bridgehead atoms. The lowest BCUT2D eigenvalue weighted by molar-refractivity contribution is 0.00246. The van der Waals surface area contributed by atoms with Crippen LogP contribution >= 0.6 is 11.6 Å². The minimum atomic E-state index is 0.436. The van der Waals surface area contributed by atoms with E-state index in [9.17, 15) is 0 Å². The summed E-state index contributed by atoms with van der Waals surface area (Å²) in [4.78, 5) is 6.88. The van der Waals surface area contributed by atoms with Crippen molar-refractivity contribution in [3.05, 3.63) is 34.9 Å². The summed E-state index contributed by atoms with van der Waals surface area (Å²) in [6.07, 6.45) is 1.12. The van der Waals surface area contributed by atoms with Crippen molar-refractivity contribution in [3.8, 4) is 0 Å². The van der Waals surface area contributed by atoms with Crippen LogP contribution < -0.4 is 10.6 Å². The summed E-state index contributed by atoms with van der Waals surface area (Å²) < 4.78 is 11.2. The molecule has 6 nitrogen and oxygen atoms in total. The van der Waals surface area contributed by atoms with Crippen LogP contribution in [0, 0.1) is 5.92 Å². The molecule has 26 heavy (non-hydrogen) atoms. The monoisotopic (exact) mass is 380 g/mol. The van der Waals surface area contributed by atoms with Gasteiger partial charge in [0.25, 0.3) is 0 Å². The van der Waals surface area contributed by atoms with E-state index in [1.165, 1.54) is 0 Å². The Hall–Kier alpha value is -1.34. The van der Waals surface area contributed by atoms with Gasteiger partial charge in [-0.05, 0) is 24.1 Å². The summed E-state index contributed by atoms with van der Waals surface area (Å²) in [6, 6.07) is 8.30. The van der Waals surface area contributed by atoms with Crippen molar-refractivity contribution in [1.82, 2.24) is 15.5 Å². The zero-order valence-electron chi connectivity index (χ0n) is 15.4. The summed E-state index contributed by atoms with van der Waals surface area (Å²) in [5, 5.41) is 7.61. The van der Waals surface area contributed by atoms with Crippen LogP contribution in [-0.2, 0) is 16.0 Å². The molecule has 1 aromatic carbocycles. The number of nitrogens with zero attached hydrogens (tertiary/aromatic N) is 2. The Labute approximate surface area is 160 Å². The molecule has 0 amide bonds. The van der Waals surface area contributed by atoms with Gasteiger partial charge in [0.1, 0.15) is 0 Å². The van der Waals surface area contributed by atoms with E-state index in [1.54, 1.807) is 7.05 Å². The number of morpholine rings is 1. The van der Waals surface area contributed by atoms with Crippen molar-refractivity contribution in [1.29, 1.82) is 0 Å². The number of halogens is 1. The van der Waals surface area contributed by atoms with E-state index in [-0.39, 0.29) is 0 Å². The van der Waals surface area contributed by atoms with Crippen LogP contribution in [0.15, 0.2) is 29.3 Å². The number of nitrogens with one attached hydrogen (secondary N) is 2. The Bertz CT molecular complexity index is 587. The number of hydrogen-bond acceptors (Lipinski definition) is 4. The van der Waals surface area contributed by atoms with Gasteiger partial charge in [-0.15, -0.1) is 0 Å². The zero-order chi connectivity index (χ0) is 18.2. The maximum absolute atomic E-state index is 6.05. The Morgan fingerprint density at radius 3 is 2.81 bits per heavy atom. The molecule has 0 radical (unpaired) electrons. The first-order valence-electron chi connectivity index (χ1n) is 9.35. The predicted molar refractivity (Wildman–Crippen MR) is 105 cm³/mol. The van der Waals surface area contributed by atoms with Gasteiger partial charge < -0.3 is 20.1 Å². The molecule has 0 saturated carbocycles. The van der Waals surface area contributed by atoms with Crippen molar-refractivity contribution < 1.29 is 9.47 Å². The smallest absolute Gasteiger partial charge is 0.191 e. The second-order valence-corrected chi connectivity index (χ2v) is 7.21. The van der Waals surface area contributed by atoms with E-state index in [1.807, 2.05) is 18.2 Å². The van der Waals surface area contributed by atoms with Gasteiger partial charge in [-0.3, -0.25) is 9.89 Å². The van der Waals surface area contributed by atoms with Crippen molar-refractivity contribution in [3.63, 3.8) is 0 Å². The van der Waals surface area contributed by atoms with Gasteiger partial charge in [0.05, 0.1) is 19.8 Å². The molecular formula is C19H29ClN4O2. The molecule has 2 N–H and O–H groups in total. The normalized spacial score (nSPS) is 23.0. The molecule has 2 atom stereocenters.